The highest BCUT2D eigenvalue weighted by Gasteiger charge is 2.35. The van der Waals surface area contributed by atoms with Gasteiger partial charge in [0, 0.05) is 6.42 Å². The van der Waals surface area contributed by atoms with E-state index in [-0.39, 0.29) is 6.61 Å². The largest absolute Gasteiger partial charge is 0.394 e. The number of rotatable bonds is 3. The molecule has 3 atom stereocenters. The summed E-state index contributed by atoms with van der Waals surface area (Å²) in [6.07, 6.45) is 2.34. The number of anilines is 1. The Kier molecular flexibility index (Phi) is 5.76. The second kappa shape index (κ2) is 8.26. The highest BCUT2D eigenvalue weighted by molar-refractivity contribution is 5.90. The molecule has 13 nitrogen and oxygen atoms in total. The molecule has 14 heteroatoms. The SMILES string of the molecule is NC(=O)c1nc(F)c[nH]c1=O.Nc1ncnc2c1ncn2[C@H]1C[C@H](O)[C@@H](CO)O1. The fourth-order valence-electron chi connectivity index (χ4n) is 2.68. The number of imidazole rings is 1. The molecule has 154 valence electrons. The van der Waals surface area contributed by atoms with Gasteiger partial charge in [-0.25, -0.2) is 19.9 Å². The van der Waals surface area contributed by atoms with Crippen molar-refractivity contribution in [2.24, 2.45) is 5.73 Å². The first kappa shape index (κ1) is 20.2. The third-order valence-corrected chi connectivity index (χ3v) is 4.07. The Morgan fingerprint density at radius 3 is 2.79 bits per heavy atom. The molecule has 1 amide bonds. The van der Waals surface area contributed by atoms with Gasteiger partial charge in [-0.1, -0.05) is 0 Å². The van der Waals surface area contributed by atoms with Gasteiger partial charge in [0.2, 0.25) is 5.95 Å². The monoisotopic (exact) mass is 408 g/mol. The van der Waals surface area contributed by atoms with Gasteiger partial charge < -0.3 is 31.4 Å². The van der Waals surface area contributed by atoms with Crippen LogP contribution in [-0.2, 0) is 4.74 Å². The molecule has 7 N–H and O–H groups in total. The number of carbonyl (C=O) groups is 1. The lowest BCUT2D eigenvalue weighted by Crippen LogP contribution is -2.25. The van der Waals surface area contributed by atoms with Crippen molar-refractivity contribution < 1.29 is 24.1 Å². The fourth-order valence-corrected chi connectivity index (χ4v) is 2.68. The molecule has 1 saturated heterocycles. The average molecular weight is 408 g/mol. The minimum Gasteiger partial charge on any atom is -0.394 e. The number of H-pyrrole nitrogens is 1. The van der Waals surface area contributed by atoms with Gasteiger partial charge in [-0.15, -0.1) is 0 Å². The molecule has 0 unspecified atom stereocenters. The van der Waals surface area contributed by atoms with Crippen LogP contribution in [0.15, 0.2) is 23.6 Å². The van der Waals surface area contributed by atoms with E-state index >= 15 is 0 Å². The molecule has 1 aliphatic heterocycles. The molecule has 4 rings (SSSR count). The molecule has 0 radical (unpaired) electrons. The van der Waals surface area contributed by atoms with E-state index in [1.54, 1.807) is 10.9 Å². The summed E-state index contributed by atoms with van der Waals surface area (Å²) < 4.78 is 19.4. The first-order chi connectivity index (χ1) is 13.8. The van der Waals surface area contributed by atoms with Crippen molar-refractivity contribution in [2.75, 3.05) is 12.3 Å². The maximum absolute atomic E-state index is 12.2. The van der Waals surface area contributed by atoms with Crippen LogP contribution in [0.3, 0.4) is 0 Å². The highest BCUT2D eigenvalue weighted by Crippen LogP contribution is 2.30. The summed E-state index contributed by atoms with van der Waals surface area (Å²) in [6, 6.07) is 0. The Labute approximate surface area is 161 Å². The van der Waals surface area contributed by atoms with Gasteiger partial charge in [0.1, 0.15) is 24.2 Å². The predicted octanol–water partition coefficient (Wildman–Crippen LogP) is -1.94. The Morgan fingerprint density at radius 2 is 2.17 bits per heavy atom. The van der Waals surface area contributed by atoms with Crippen LogP contribution in [0.1, 0.15) is 23.1 Å². The smallest absolute Gasteiger partial charge is 0.279 e. The van der Waals surface area contributed by atoms with Gasteiger partial charge in [-0.05, 0) is 0 Å². The number of ether oxygens (including phenoxy) is 1. The second-order valence-corrected chi connectivity index (χ2v) is 5.96. The van der Waals surface area contributed by atoms with E-state index in [4.69, 9.17) is 21.3 Å². The number of nitrogens with two attached hydrogens (primary N) is 2. The number of primary amides is 1. The van der Waals surface area contributed by atoms with Crippen molar-refractivity contribution in [1.29, 1.82) is 0 Å². The Morgan fingerprint density at radius 1 is 1.41 bits per heavy atom. The van der Waals surface area contributed by atoms with E-state index < -0.39 is 41.5 Å². The fraction of sp³-hybridized carbons (Fsp3) is 0.333. The highest BCUT2D eigenvalue weighted by atomic mass is 19.1. The van der Waals surface area contributed by atoms with Crippen LogP contribution < -0.4 is 17.0 Å². The maximum Gasteiger partial charge on any atom is 0.279 e. The molecular weight excluding hydrogens is 391 g/mol. The number of hydrogen-bond donors (Lipinski definition) is 5. The molecule has 0 aliphatic carbocycles. The first-order valence-electron chi connectivity index (χ1n) is 8.24. The molecule has 0 saturated carbocycles. The Bertz CT molecular complexity index is 1090. The van der Waals surface area contributed by atoms with Crippen LogP contribution in [0, 0.1) is 5.95 Å². The number of carbonyl (C=O) groups excluding carboxylic acids is 1. The molecular formula is C15H17FN8O5. The van der Waals surface area contributed by atoms with Gasteiger partial charge in [0.15, 0.2) is 17.2 Å². The number of aromatic nitrogens is 6. The molecule has 1 aliphatic rings. The average Bonchev–Trinajstić information content (AvgIpc) is 3.28. The molecule has 3 aromatic rings. The molecule has 0 aromatic carbocycles. The van der Waals surface area contributed by atoms with E-state index in [1.165, 1.54) is 6.33 Å². The van der Waals surface area contributed by atoms with Crippen LogP contribution in [-0.4, -0.2) is 64.4 Å². The minimum absolute atomic E-state index is 0.221. The van der Waals surface area contributed by atoms with Crippen LogP contribution >= 0.6 is 0 Å². The number of halogens is 1. The number of aromatic amines is 1. The summed E-state index contributed by atoms with van der Waals surface area (Å²) in [4.78, 5) is 38.0. The van der Waals surface area contributed by atoms with Crippen molar-refractivity contribution in [2.45, 2.75) is 24.9 Å². The van der Waals surface area contributed by atoms with E-state index in [2.05, 4.69) is 19.9 Å². The van der Waals surface area contributed by atoms with Gasteiger partial charge in [0.05, 0.1) is 25.2 Å². The number of nitrogens with one attached hydrogen (secondary N) is 1. The summed E-state index contributed by atoms with van der Waals surface area (Å²) in [6.45, 7) is -0.221. The Hall–Kier alpha value is -3.49. The zero-order valence-electron chi connectivity index (χ0n) is 14.8. The zero-order valence-corrected chi connectivity index (χ0v) is 14.8. The van der Waals surface area contributed by atoms with Gasteiger partial charge in [-0.3, -0.25) is 14.2 Å². The molecule has 0 spiro atoms. The lowest BCUT2D eigenvalue weighted by molar-refractivity contribution is -0.0432. The van der Waals surface area contributed by atoms with Crippen molar-refractivity contribution in [3.8, 4) is 0 Å². The number of hydrogen-bond acceptors (Lipinski definition) is 10. The number of nitrogens with zero attached hydrogens (tertiary/aromatic N) is 5. The third kappa shape index (κ3) is 4.18. The topological polar surface area (TPSA) is 208 Å². The van der Waals surface area contributed by atoms with E-state index in [1.807, 2.05) is 4.98 Å². The van der Waals surface area contributed by atoms with Crippen molar-refractivity contribution >= 4 is 22.9 Å². The molecule has 4 heterocycles. The summed E-state index contributed by atoms with van der Waals surface area (Å²) in [5.41, 5.74) is 10.0. The van der Waals surface area contributed by atoms with E-state index in [0.29, 0.717) is 23.4 Å². The van der Waals surface area contributed by atoms with E-state index in [0.717, 1.165) is 6.20 Å². The maximum atomic E-state index is 12.2. The Balaban J connectivity index is 0.000000188. The number of fused-ring (bicyclic) bond motifs is 1. The van der Waals surface area contributed by atoms with Crippen LogP contribution in [0.2, 0.25) is 0 Å². The lowest BCUT2D eigenvalue weighted by Gasteiger charge is -2.13. The summed E-state index contributed by atoms with van der Waals surface area (Å²) >= 11 is 0. The van der Waals surface area contributed by atoms with E-state index in [9.17, 15) is 19.1 Å². The molecule has 3 aromatic heterocycles. The van der Waals surface area contributed by atoms with Crippen LogP contribution in [0.25, 0.3) is 11.2 Å². The molecule has 0 bridgehead atoms. The summed E-state index contributed by atoms with van der Waals surface area (Å²) in [5, 5.41) is 18.8. The van der Waals surface area contributed by atoms with Crippen LogP contribution in [0.4, 0.5) is 10.2 Å². The summed E-state index contributed by atoms with van der Waals surface area (Å²) in [7, 11) is 0. The zero-order chi connectivity index (χ0) is 21.1. The quantitative estimate of drug-likeness (QED) is 0.324. The van der Waals surface area contributed by atoms with Crippen molar-refractivity contribution in [3.05, 3.63) is 40.8 Å². The third-order valence-electron chi connectivity index (χ3n) is 4.07. The minimum atomic E-state index is -1.05. The first-order valence-corrected chi connectivity index (χ1v) is 8.24. The number of amides is 1. The van der Waals surface area contributed by atoms with Gasteiger partial charge in [-0.2, -0.15) is 4.39 Å². The summed E-state index contributed by atoms with van der Waals surface area (Å²) in [5.74, 6) is -1.69. The number of aliphatic hydroxyl groups excluding tert-OH is 2. The molecule has 29 heavy (non-hydrogen) atoms. The number of nitrogen functional groups attached to an aromatic ring is 1. The predicted molar refractivity (Wildman–Crippen MR) is 94.7 cm³/mol. The normalized spacial score (nSPS) is 21.0. The van der Waals surface area contributed by atoms with Crippen LogP contribution in [0.5, 0.6) is 0 Å². The van der Waals surface area contributed by atoms with Crippen molar-refractivity contribution in [3.63, 3.8) is 0 Å². The number of aliphatic hydroxyl groups is 2. The standard InChI is InChI=1S/C10H13N5O3.C5H4FN3O2/c11-9-8-10(13-3-12-9)15(4-14-8)7-1-5(17)6(2-16)18-7;6-2-1-8-5(11)3(9-2)4(7)10/h3-7,16-17H,1-2H2,(H2,11,12,13);1H,(H2,7,10)(H,8,11)/t5-,6+,7+;/m0./s1. The second-order valence-electron chi connectivity index (χ2n) is 5.96. The lowest BCUT2D eigenvalue weighted by atomic mass is 10.2. The van der Waals surface area contributed by atoms with Gasteiger partial charge in [0.25, 0.3) is 11.5 Å². The van der Waals surface area contributed by atoms with Gasteiger partial charge >= 0.3 is 0 Å². The van der Waals surface area contributed by atoms with Crippen molar-refractivity contribution in [1.82, 2.24) is 29.5 Å². The molecule has 1 fully saturated rings.